The van der Waals surface area contributed by atoms with Crippen LogP contribution in [0.15, 0.2) is 67.3 Å². The van der Waals surface area contributed by atoms with Crippen LogP contribution in [0.3, 0.4) is 0 Å². The average molecular weight is 373 g/mol. The first-order valence-electron chi connectivity index (χ1n) is 8.58. The second-order valence-electron chi connectivity index (χ2n) is 6.31. The van der Waals surface area contributed by atoms with E-state index in [2.05, 4.69) is 25.3 Å². The van der Waals surface area contributed by atoms with Crippen molar-refractivity contribution in [2.24, 2.45) is 0 Å². The Balaban J connectivity index is 1.64. The highest BCUT2D eigenvalue weighted by Gasteiger charge is 2.12. The zero-order valence-electron chi connectivity index (χ0n) is 14.4. The summed E-state index contributed by atoms with van der Waals surface area (Å²) in [7, 11) is 0. The van der Waals surface area contributed by atoms with E-state index < -0.39 is 11.6 Å². The van der Waals surface area contributed by atoms with Crippen LogP contribution in [0.4, 0.5) is 20.3 Å². The van der Waals surface area contributed by atoms with E-state index >= 15 is 0 Å². The normalized spacial score (nSPS) is 11.2. The number of nitrogens with one attached hydrogen (secondary N) is 2. The zero-order valence-corrected chi connectivity index (χ0v) is 14.4. The number of rotatable bonds is 3. The van der Waals surface area contributed by atoms with Crippen molar-refractivity contribution in [3.63, 3.8) is 0 Å². The molecule has 0 saturated heterocycles. The molecule has 0 atom stereocenters. The van der Waals surface area contributed by atoms with Gasteiger partial charge in [0, 0.05) is 34.8 Å². The third-order valence-electron chi connectivity index (χ3n) is 4.58. The highest BCUT2D eigenvalue weighted by Crippen LogP contribution is 2.32. The number of aromatic amines is 1. The number of hydrogen-bond donors (Lipinski definition) is 2. The molecular formula is C21H13F2N5. The summed E-state index contributed by atoms with van der Waals surface area (Å²) in [6, 6.07) is 13.0. The van der Waals surface area contributed by atoms with E-state index in [1.807, 2.05) is 36.5 Å². The number of nitrogens with zero attached hydrogens (tertiary/aromatic N) is 3. The summed E-state index contributed by atoms with van der Waals surface area (Å²) in [4.78, 5) is 16.0. The monoisotopic (exact) mass is 373 g/mol. The first kappa shape index (κ1) is 16.3. The molecule has 3 aromatic heterocycles. The Bertz CT molecular complexity index is 1330. The summed E-state index contributed by atoms with van der Waals surface area (Å²) in [6.45, 7) is 0. The van der Waals surface area contributed by atoms with Crippen LogP contribution in [-0.2, 0) is 0 Å². The summed E-state index contributed by atoms with van der Waals surface area (Å²) < 4.78 is 27.2. The molecule has 0 aliphatic rings. The molecule has 0 unspecified atom stereocenters. The van der Waals surface area contributed by atoms with Gasteiger partial charge in [0.05, 0.1) is 11.2 Å². The minimum absolute atomic E-state index is 0.142. The van der Waals surface area contributed by atoms with Crippen molar-refractivity contribution in [2.45, 2.75) is 0 Å². The van der Waals surface area contributed by atoms with Crippen LogP contribution < -0.4 is 5.32 Å². The number of anilines is 2. The molecule has 3 heterocycles. The minimum Gasteiger partial charge on any atom is -0.346 e. The second kappa shape index (κ2) is 6.38. The molecule has 0 aliphatic carbocycles. The number of pyridine rings is 1. The summed E-state index contributed by atoms with van der Waals surface area (Å²) in [5.74, 6) is -0.883. The van der Waals surface area contributed by atoms with Crippen LogP contribution in [-0.4, -0.2) is 19.9 Å². The molecule has 136 valence electrons. The van der Waals surface area contributed by atoms with Crippen LogP contribution >= 0.6 is 0 Å². The molecule has 0 saturated carbocycles. The van der Waals surface area contributed by atoms with Crippen molar-refractivity contribution in [2.75, 3.05) is 5.32 Å². The van der Waals surface area contributed by atoms with Gasteiger partial charge in [-0.15, -0.1) is 0 Å². The number of halogens is 2. The van der Waals surface area contributed by atoms with Crippen LogP contribution in [0.1, 0.15) is 0 Å². The average Bonchev–Trinajstić information content (AvgIpc) is 3.14. The Morgan fingerprint density at radius 3 is 2.71 bits per heavy atom. The van der Waals surface area contributed by atoms with Crippen molar-refractivity contribution >= 4 is 33.4 Å². The Labute approximate surface area is 158 Å². The molecule has 5 rings (SSSR count). The lowest BCUT2D eigenvalue weighted by Gasteiger charge is -2.10. The standard InChI is InChI=1S/C21H13F2N5/c22-13-4-6-19(17(23)9-13)28-21-15-8-12(3-5-18(15)26-11-27-21)16-10-25-20-14(16)2-1-7-24-20/h1-11H,(H,24,25)(H,26,27,28). The van der Waals surface area contributed by atoms with Crippen LogP contribution in [0.25, 0.3) is 33.1 Å². The van der Waals surface area contributed by atoms with Gasteiger partial charge in [-0.2, -0.15) is 0 Å². The molecular weight excluding hydrogens is 360 g/mol. The van der Waals surface area contributed by atoms with E-state index in [4.69, 9.17) is 0 Å². The van der Waals surface area contributed by atoms with Crippen molar-refractivity contribution < 1.29 is 8.78 Å². The molecule has 2 N–H and O–H groups in total. The van der Waals surface area contributed by atoms with E-state index in [0.717, 1.165) is 33.6 Å². The molecule has 0 spiro atoms. The maximum Gasteiger partial charge on any atom is 0.149 e. The fraction of sp³-hybridized carbons (Fsp3) is 0. The van der Waals surface area contributed by atoms with Crippen molar-refractivity contribution in [1.82, 2.24) is 19.9 Å². The Hall–Kier alpha value is -3.87. The number of benzene rings is 2. The molecule has 0 radical (unpaired) electrons. The van der Waals surface area contributed by atoms with Gasteiger partial charge in [-0.1, -0.05) is 6.07 Å². The topological polar surface area (TPSA) is 66.5 Å². The highest BCUT2D eigenvalue weighted by molar-refractivity contribution is 5.99. The number of hydrogen-bond acceptors (Lipinski definition) is 4. The second-order valence-corrected chi connectivity index (χ2v) is 6.31. The molecule has 5 aromatic rings. The van der Waals surface area contributed by atoms with Gasteiger partial charge in [-0.3, -0.25) is 0 Å². The Kier molecular flexibility index (Phi) is 3.72. The van der Waals surface area contributed by atoms with Gasteiger partial charge < -0.3 is 10.3 Å². The SMILES string of the molecule is Fc1ccc(Nc2ncnc3ccc(-c4c[nH]c5ncccc45)cc23)c(F)c1. The third kappa shape index (κ3) is 2.73. The lowest BCUT2D eigenvalue weighted by atomic mass is 10.0. The predicted molar refractivity (Wildman–Crippen MR) is 104 cm³/mol. The Morgan fingerprint density at radius 2 is 1.82 bits per heavy atom. The maximum atomic E-state index is 14.1. The van der Waals surface area contributed by atoms with E-state index in [1.54, 1.807) is 6.20 Å². The molecule has 0 amide bonds. The summed E-state index contributed by atoms with van der Waals surface area (Å²) in [6.07, 6.45) is 5.03. The zero-order chi connectivity index (χ0) is 19.1. The van der Waals surface area contributed by atoms with Gasteiger partial charge in [-0.05, 0) is 42.0 Å². The van der Waals surface area contributed by atoms with E-state index in [9.17, 15) is 8.78 Å². The number of aromatic nitrogens is 4. The first-order valence-corrected chi connectivity index (χ1v) is 8.58. The molecule has 7 heteroatoms. The molecule has 28 heavy (non-hydrogen) atoms. The van der Waals surface area contributed by atoms with Gasteiger partial charge in [0.1, 0.15) is 29.4 Å². The van der Waals surface area contributed by atoms with Crippen LogP contribution in [0.5, 0.6) is 0 Å². The van der Waals surface area contributed by atoms with Gasteiger partial charge in [-0.25, -0.2) is 23.7 Å². The van der Waals surface area contributed by atoms with Crippen molar-refractivity contribution in [3.8, 4) is 11.1 Å². The minimum atomic E-state index is -0.689. The Morgan fingerprint density at radius 1 is 0.893 bits per heavy atom. The predicted octanol–water partition coefficient (Wildman–Crippen LogP) is 5.19. The van der Waals surface area contributed by atoms with Gasteiger partial charge in [0.15, 0.2) is 0 Å². The highest BCUT2D eigenvalue weighted by atomic mass is 19.1. The largest absolute Gasteiger partial charge is 0.346 e. The number of H-pyrrole nitrogens is 1. The van der Waals surface area contributed by atoms with Crippen molar-refractivity contribution in [1.29, 1.82) is 0 Å². The first-order chi connectivity index (χ1) is 13.7. The van der Waals surface area contributed by atoms with Crippen LogP contribution in [0, 0.1) is 11.6 Å². The van der Waals surface area contributed by atoms with Gasteiger partial charge in [0.25, 0.3) is 0 Å². The maximum absolute atomic E-state index is 14.1. The molecule has 0 bridgehead atoms. The molecule has 0 aliphatic heterocycles. The smallest absolute Gasteiger partial charge is 0.149 e. The quantitative estimate of drug-likeness (QED) is 0.456. The summed E-state index contributed by atoms with van der Waals surface area (Å²) in [5.41, 5.74) is 3.59. The van der Waals surface area contributed by atoms with Gasteiger partial charge >= 0.3 is 0 Å². The molecule has 5 nitrogen and oxygen atoms in total. The van der Waals surface area contributed by atoms with E-state index in [1.165, 1.54) is 18.5 Å². The number of fused-ring (bicyclic) bond motifs is 2. The summed E-state index contributed by atoms with van der Waals surface area (Å²) in [5, 5.41) is 4.66. The van der Waals surface area contributed by atoms with Crippen LogP contribution in [0.2, 0.25) is 0 Å². The van der Waals surface area contributed by atoms with Gasteiger partial charge in [0.2, 0.25) is 0 Å². The lowest BCUT2D eigenvalue weighted by Crippen LogP contribution is -1.98. The van der Waals surface area contributed by atoms with E-state index in [-0.39, 0.29) is 5.69 Å². The molecule has 0 fully saturated rings. The lowest BCUT2D eigenvalue weighted by molar-refractivity contribution is 0.586. The third-order valence-corrected chi connectivity index (χ3v) is 4.58. The fourth-order valence-electron chi connectivity index (χ4n) is 3.24. The fourth-order valence-corrected chi connectivity index (χ4v) is 3.24. The van der Waals surface area contributed by atoms with Crippen molar-refractivity contribution in [3.05, 3.63) is 78.9 Å². The molecule has 2 aromatic carbocycles. The van der Waals surface area contributed by atoms with E-state index in [0.29, 0.717) is 11.3 Å². The summed E-state index contributed by atoms with van der Waals surface area (Å²) >= 11 is 0.